The SMILES string of the molecule is CN1CCN(Cc2cc3[nH]c(=O)c4ccccc4n3c2)CC1. The van der Waals surface area contributed by atoms with Crippen LogP contribution < -0.4 is 5.56 Å². The number of hydrogen-bond acceptors (Lipinski definition) is 3. The van der Waals surface area contributed by atoms with Crippen molar-refractivity contribution in [1.82, 2.24) is 19.2 Å². The first-order valence-electron chi connectivity index (χ1n) is 7.73. The third-order valence-electron chi connectivity index (χ3n) is 4.53. The molecule has 2 aromatic heterocycles. The number of H-pyrrole nitrogens is 1. The number of fused-ring (bicyclic) bond motifs is 3. The summed E-state index contributed by atoms with van der Waals surface area (Å²) >= 11 is 0. The quantitative estimate of drug-likeness (QED) is 0.780. The van der Waals surface area contributed by atoms with Crippen LogP contribution in [0.1, 0.15) is 5.56 Å². The van der Waals surface area contributed by atoms with Crippen LogP contribution >= 0.6 is 0 Å². The van der Waals surface area contributed by atoms with Crippen molar-refractivity contribution in [3.63, 3.8) is 0 Å². The predicted octanol–water partition coefficient (Wildman–Crippen LogP) is 1.53. The maximum absolute atomic E-state index is 12.1. The zero-order chi connectivity index (χ0) is 15.1. The smallest absolute Gasteiger partial charge is 0.258 e. The summed E-state index contributed by atoms with van der Waals surface area (Å²) in [5.74, 6) is 0. The first-order chi connectivity index (χ1) is 10.7. The Hall–Kier alpha value is -2.11. The Morgan fingerprint density at radius 3 is 2.73 bits per heavy atom. The molecular weight excluding hydrogens is 276 g/mol. The van der Waals surface area contributed by atoms with Crippen molar-refractivity contribution in [2.75, 3.05) is 33.2 Å². The maximum Gasteiger partial charge on any atom is 0.258 e. The van der Waals surface area contributed by atoms with E-state index in [9.17, 15) is 4.79 Å². The summed E-state index contributed by atoms with van der Waals surface area (Å²) in [6.07, 6.45) is 2.14. The molecule has 0 spiro atoms. The highest BCUT2D eigenvalue weighted by Crippen LogP contribution is 2.16. The molecule has 0 amide bonds. The Bertz CT molecular complexity index is 871. The second kappa shape index (κ2) is 5.26. The van der Waals surface area contributed by atoms with Crippen molar-refractivity contribution in [2.24, 2.45) is 0 Å². The van der Waals surface area contributed by atoms with E-state index in [1.807, 2.05) is 24.3 Å². The highest BCUT2D eigenvalue weighted by Gasteiger charge is 2.15. The van der Waals surface area contributed by atoms with Crippen LogP contribution in [0.15, 0.2) is 41.3 Å². The fourth-order valence-electron chi connectivity index (χ4n) is 3.22. The van der Waals surface area contributed by atoms with E-state index < -0.39 is 0 Å². The average Bonchev–Trinajstić information content (AvgIpc) is 2.92. The molecule has 1 aromatic carbocycles. The standard InChI is InChI=1S/C17H20N4O/c1-19-6-8-20(9-7-19)11-13-10-16-18-17(22)14-4-2-3-5-15(14)21(16)12-13/h2-5,10,12H,6-9,11H2,1H3,(H,18,22). The molecule has 1 aliphatic rings. The second-order valence-electron chi connectivity index (χ2n) is 6.15. The normalized spacial score (nSPS) is 17.5. The molecule has 0 aliphatic carbocycles. The summed E-state index contributed by atoms with van der Waals surface area (Å²) in [5.41, 5.74) is 3.06. The summed E-state index contributed by atoms with van der Waals surface area (Å²) < 4.78 is 2.09. The number of aromatic amines is 1. The minimum atomic E-state index is -0.0210. The van der Waals surface area contributed by atoms with Crippen LogP contribution in [-0.4, -0.2) is 52.4 Å². The summed E-state index contributed by atoms with van der Waals surface area (Å²) in [7, 11) is 2.17. The zero-order valence-corrected chi connectivity index (χ0v) is 12.7. The van der Waals surface area contributed by atoms with Gasteiger partial charge in [-0.25, -0.2) is 0 Å². The van der Waals surface area contributed by atoms with E-state index in [0.29, 0.717) is 0 Å². The maximum atomic E-state index is 12.1. The van der Waals surface area contributed by atoms with Crippen LogP contribution in [0.3, 0.4) is 0 Å². The van der Waals surface area contributed by atoms with Crippen molar-refractivity contribution in [1.29, 1.82) is 0 Å². The van der Waals surface area contributed by atoms with E-state index in [4.69, 9.17) is 0 Å². The number of para-hydroxylation sites is 1. The molecule has 4 rings (SSSR count). The van der Waals surface area contributed by atoms with Gasteiger partial charge in [0.25, 0.3) is 5.56 Å². The molecular formula is C17H20N4O. The summed E-state index contributed by atoms with van der Waals surface area (Å²) in [4.78, 5) is 19.9. The Morgan fingerprint density at radius 1 is 1.14 bits per heavy atom. The molecule has 0 bridgehead atoms. The molecule has 0 unspecified atom stereocenters. The second-order valence-corrected chi connectivity index (χ2v) is 6.15. The fraction of sp³-hybridized carbons (Fsp3) is 0.353. The molecule has 0 saturated carbocycles. The van der Waals surface area contributed by atoms with Crippen LogP contribution in [0, 0.1) is 0 Å². The molecule has 1 saturated heterocycles. The van der Waals surface area contributed by atoms with Crippen molar-refractivity contribution in [3.05, 3.63) is 52.4 Å². The molecule has 5 heteroatoms. The van der Waals surface area contributed by atoms with Gasteiger partial charge in [-0.1, -0.05) is 12.1 Å². The first kappa shape index (κ1) is 13.5. The molecule has 22 heavy (non-hydrogen) atoms. The lowest BCUT2D eigenvalue weighted by Crippen LogP contribution is -2.43. The van der Waals surface area contributed by atoms with E-state index in [0.717, 1.165) is 49.3 Å². The van der Waals surface area contributed by atoms with Gasteiger partial charge in [-0.15, -0.1) is 0 Å². The van der Waals surface area contributed by atoms with E-state index in [1.54, 1.807) is 0 Å². The van der Waals surface area contributed by atoms with Gasteiger partial charge in [0.15, 0.2) is 0 Å². The van der Waals surface area contributed by atoms with E-state index >= 15 is 0 Å². The Labute approximate surface area is 128 Å². The van der Waals surface area contributed by atoms with Gasteiger partial charge < -0.3 is 14.3 Å². The van der Waals surface area contributed by atoms with E-state index in [-0.39, 0.29) is 5.56 Å². The number of likely N-dealkylation sites (N-methyl/N-ethyl adjacent to an activating group) is 1. The van der Waals surface area contributed by atoms with Gasteiger partial charge in [-0.2, -0.15) is 0 Å². The number of hydrogen-bond donors (Lipinski definition) is 1. The minimum Gasteiger partial charge on any atom is -0.308 e. The van der Waals surface area contributed by atoms with Crippen molar-refractivity contribution < 1.29 is 0 Å². The number of rotatable bonds is 2. The third kappa shape index (κ3) is 2.32. The fourth-order valence-corrected chi connectivity index (χ4v) is 3.22. The number of nitrogens with one attached hydrogen (secondary N) is 1. The number of piperazine rings is 1. The van der Waals surface area contributed by atoms with Gasteiger partial charge in [-0.3, -0.25) is 9.69 Å². The largest absolute Gasteiger partial charge is 0.308 e. The van der Waals surface area contributed by atoms with Crippen LogP contribution in [0.5, 0.6) is 0 Å². The van der Waals surface area contributed by atoms with Crippen molar-refractivity contribution in [3.8, 4) is 0 Å². The lowest BCUT2D eigenvalue weighted by molar-refractivity contribution is 0.148. The topological polar surface area (TPSA) is 43.8 Å². The van der Waals surface area contributed by atoms with Gasteiger partial charge in [0.2, 0.25) is 0 Å². The van der Waals surface area contributed by atoms with Gasteiger partial charge in [-0.05, 0) is 30.8 Å². The van der Waals surface area contributed by atoms with Crippen LogP contribution in [0.4, 0.5) is 0 Å². The predicted molar refractivity (Wildman–Crippen MR) is 88.3 cm³/mol. The molecule has 3 heterocycles. The molecule has 0 atom stereocenters. The summed E-state index contributed by atoms with van der Waals surface area (Å²) in [6.45, 7) is 5.37. The summed E-state index contributed by atoms with van der Waals surface area (Å²) in [5, 5.41) is 0.733. The number of benzene rings is 1. The first-order valence-corrected chi connectivity index (χ1v) is 7.73. The van der Waals surface area contributed by atoms with Gasteiger partial charge in [0, 0.05) is 38.9 Å². The minimum absolute atomic E-state index is 0.0210. The highest BCUT2D eigenvalue weighted by molar-refractivity contribution is 5.80. The Morgan fingerprint density at radius 2 is 1.91 bits per heavy atom. The third-order valence-corrected chi connectivity index (χ3v) is 4.53. The van der Waals surface area contributed by atoms with Gasteiger partial charge in [0.1, 0.15) is 5.65 Å². The molecule has 0 radical (unpaired) electrons. The Kier molecular flexibility index (Phi) is 3.24. The summed E-state index contributed by atoms with van der Waals surface area (Å²) in [6, 6.07) is 9.83. The molecule has 5 nitrogen and oxygen atoms in total. The zero-order valence-electron chi connectivity index (χ0n) is 12.7. The molecule has 1 N–H and O–H groups in total. The molecule has 1 aliphatic heterocycles. The van der Waals surface area contributed by atoms with E-state index in [1.165, 1.54) is 5.56 Å². The molecule has 3 aromatic rings. The van der Waals surface area contributed by atoms with Crippen molar-refractivity contribution in [2.45, 2.75) is 6.54 Å². The number of nitrogens with zero attached hydrogens (tertiary/aromatic N) is 3. The van der Waals surface area contributed by atoms with Crippen LogP contribution in [0.25, 0.3) is 16.6 Å². The number of aromatic nitrogens is 2. The highest BCUT2D eigenvalue weighted by atomic mass is 16.1. The molecule has 1 fully saturated rings. The van der Waals surface area contributed by atoms with Crippen LogP contribution in [0.2, 0.25) is 0 Å². The lowest BCUT2D eigenvalue weighted by Gasteiger charge is -2.32. The van der Waals surface area contributed by atoms with Gasteiger partial charge >= 0.3 is 0 Å². The monoisotopic (exact) mass is 296 g/mol. The average molecular weight is 296 g/mol. The van der Waals surface area contributed by atoms with Crippen LogP contribution in [-0.2, 0) is 6.54 Å². The molecule has 114 valence electrons. The van der Waals surface area contributed by atoms with Crippen molar-refractivity contribution >= 4 is 16.6 Å². The van der Waals surface area contributed by atoms with Gasteiger partial charge in [0.05, 0.1) is 10.9 Å². The lowest BCUT2D eigenvalue weighted by atomic mass is 10.2. The Balaban J connectivity index is 1.71. The van der Waals surface area contributed by atoms with E-state index in [2.05, 4.69) is 38.5 Å².